The highest BCUT2D eigenvalue weighted by Crippen LogP contribution is 2.12. The Morgan fingerprint density at radius 3 is 2.50 bits per heavy atom. The molecule has 0 amide bonds. The third kappa shape index (κ3) is 10.4. The molecular formula is C14H31NO. The van der Waals surface area contributed by atoms with Crippen molar-refractivity contribution >= 4 is 0 Å². The van der Waals surface area contributed by atoms with Gasteiger partial charge in [-0.1, -0.05) is 33.1 Å². The minimum absolute atomic E-state index is 0.789. The number of ether oxygens (including phenoxy) is 1. The molecular weight excluding hydrogens is 198 g/mol. The monoisotopic (exact) mass is 229 g/mol. The summed E-state index contributed by atoms with van der Waals surface area (Å²) in [7, 11) is 2.01. The van der Waals surface area contributed by atoms with Crippen LogP contribution in [0.4, 0.5) is 0 Å². The van der Waals surface area contributed by atoms with Gasteiger partial charge in [0.05, 0.1) is 0 Å². The Labute approximate surface area is 102 Å². The van der Waals surface area contributed by atoms with Crippen molar-refractivity contribution in [3.63, 3.8) is 0 Å². The van der Waals surface area contributed by atoms with Crippen LogP contribution in [0.25, 0.3) is 0 Å². The maximum Gasteiger partial charge on any atom is 0.0494 e. The first kappa shape index (κ1) is 15.9. The van der Waals surface area contributed by atoms with E-state index < -0.39 is 0 Å². The number of nitrogens with one attached hydrogen (secondary N) is 1. The topological polar surface area (TPSA) is 21.3 Å². The quantitative estimate of drug-likeness (QED) is 0.516. The van der Waals surface area contributed by atoms with E-state index >= 15 is 0 Å². The normalized spacial score (nSPS) is 12.9. The fourth-order valence-electron chi connectivity index (χ4n) is 1.83. The summed E-state index contributed by atoms with van der Waals surface area (Å²) in [5, 5.41) is 3.17. The average Bonchev–Trinajstić information content (AvgIpc) is 2.32. The van der Waals surface area contributed by atoms with Gasteiger partial charge in [0.1, 0.15) is 0 Å². The molecule has 0 fully saturated rings. The molecule has 98 valence electrons. The fraction of sp³-hybridized carbons (Fsp3) is 1.00. The Morgan fingerprint density at radius 2 is 1.88 bits per heavy atom. The highest BCUT2D eigenvalue weighted by molar-refractivity contribution is 4.56. The van der Waals surface area contributed by atoms with E-state index in [9.17, 15) is 0 Å². The molecule has 0 aromatic carbocycles. The van der Waals surface area contributed by atoms with Crippen molar-refractivity contribution < 1.29 is 4.74 Å². The van der Waals surface area contributed by atoms with Crippen molar-refractivity contribution in [2.45, 2.75) is 58.8 Å². The van der Waals surface area contributed by atoms with E-state index in [1.807, 2.05) is 7.05 Å². The minimum Gasteiger partial charge on any atom is -0.381 e. The predicted molar refractivity (Wildman–Crippen MR) is 71.9 cm³/mol. The molecule has 0 spiro atoms. The molecule has 0 aliphatic carbocycles. The summed E-state index contributed by atoms with van der Waals surface area (Å²) in [5.74, 6) is 0.789. The van der Waals surface area contributed by atoms with Gasteiger partial charge in [0.25, 0.3) is 0 Å². The zero-order valence-corrected chi connectivity index (χ0v) is 11.6. The van der Waals surface area contributed by atoms with Crippen molar-refractivity contribution in [2.24, 2.45) is 5.92 Å². The molecule has 0 heterocycles. The first-order valence-corrected chi connectivity index (χ1v) is 7.07. The second kappa shape index (κ2) is 13.0. The largest absolute Gasteiger partial charge is 0.381 e. The predicted octanol–water partition coefficient (Wildman–Crippen LogP) is 3.61. The molecule has 1 atom stereocenters. The second-order valence-electron chi connectivity index (χ2n) is 4.66. The van der Waals surface area contributed by atoms with E-state index in [-0.39, 0.29) is 0 Å². The van der Waals surface area contributed by atoms with Crippen molar-refractivity contribution in [2.75, 3.05) is 26.8 Å². The number of hydrogen-bond donors (Lipinski definition) is 1. The van der Waals surface area contributed by atoms with Crippen molar-refractivity contribution in [3.8, 4) is 0 Å². The van der Waals surface area contributed by atoms with Crippen LogP contribution in [0.2, 0.25) is 0 Å². The smallest absolute Gasteiger partial charge is 0.0494 e. The van der Waals surface area contributed by atoms with E-state index in [1.165, 1.54) is 44.9 Å². The Bertz CT molecular complexity index is 128. The molecule has 1 N–H and O–H groups in total. The zero-order chi connectivity index (χ0) is 12.1. The van der Waals surface area contributed by atoms with Gasteiger partial charge in [0.15, 0.2) is 0 Å². The van der Waals surface area contributed by atoms with Gasteiger partial charge in [-0.05, 0) is 45.2 Å². The fourth-order valence-corrected chi connectivity index (χ4v) is 1.83. The maximum absolute atomic E-state index is 5.74. The Morgan fingerprint density at radius 1 is 1.06 bits per heavy atom. The lowest BCUT2D eigenvalue weighted by Crippen LogP contribution is -2.10. The van der Waals surface area contributed by atoms with E-state index in [4.69, 9.17) is 4.74 Å². The molecule has 16 heavy (non-hydrogen) atoms. The molecule has 0 saturated carbocycles. The van der Waals surface area contributed by atoms with Gasteiger partial charge in [0.2, 0.25) is 0 Å². The van der Waals surface area contributed by atoms with E-state index in [1.54, 1.807) is 0 Å². The maximum atomic E-state index is 5.74. The minimum atomic E-state index is 0.789. The van der Waals surface area contributed by atoms with Crippen LogP contribution in [-0.4, -0.2) is 26.8 Å². The molecule has 0 aliphatic heterocycles. The molecule has 0 aromatic rings. The lowest BCUT2D eigenvalue weighted by atomic mass is 10.0. The average molecular weight is 229 g/mol. The van der Waals surface area contributed by atoms with Crippen LogP contribution in [-0.2, 0) is 4.74 Å². The lowest BCUT2D eigenvalue weighted by molar-refractivity contribution is 0.0909. The first-order valence-electron chi connectivity index (χ1n) is 7.07. The van der Waals surface area contributed by atoms with Gasteiger partial charge >= 0.3 is 0 Å². The third-order valence-electron chi connectivity index (χ3n) is 3.11. The van der Waals surface area contributed by atoms with Crippen LogP contribution < -0.4 is 5.32 Å². The summed E-state index contributed by atoms with van der Waals surface area (Å²) >= 11 is 0. The van der Waals surface area contributed by atoms with Crippen molar-refractivity contribution in [1.29, 1.82) is 0 Å². The highest BCUT2D eigenvalue weighted by Gasteiger charge is 2.05. The standard InChI is InChI=1S/C14H31NO/c1-4-6-10-14(5-2)13-16-12-9-7-8-11-15-3/h14-15H,4-13H2,1-3H3. The molecule has 1 unspecified atom stereocenters. The van der Waals surface area contributed by atoms with Gasteiger partial charge in [0, 0.05) is 13.2 Å². The van der Waals surface area contributed by atoms with Crippen molar-refractivity contribution in [3.05, 3.63) is 0 Å². The SMILES string of the molecule is CCCCC(CC)COCCCCCNC. The Kier molecular flexibility index (Phi) is 12.9. The summed E-state index contributed by atoms with van der Waals surface area (Å²) < 4.78 is 5.74. The molecule has 2 nitrogen and oxygen atoms in total. The van der Waals surface area contributed by atoms with E-state index in [0.717, 1.165) is 25.7 Å². The zero-order valence-electron chi connectivity index (χ0n) is 11.6. The van der Waals surface area contributed by atoms with Crippen molar-refractivity contribution in [1.82, 2.24) is 5.32 Å². The summed E-state index contributed by atoms with van der Waals surface area (Å²) in [6.45, 7) is 7.59. The van der Waals surface area contributed by atoms with Gasteiger partial charge in [-0.3, -0.25) is 0 Å². The number of hydrogen-bond acceptors (Lipinski definition) is 2. The number of rotatable bonds is 12. The van der Waals surface area contributed by atoms with Crippen LogP contribution in [0.15, 0.2) is 0 Å². The lowest BCUT2D eigenvalue weighted by Gasteiger charge is -2.14. The first-order chi connectivity index (χ1) is 7.85. The highest BCUT2D eigenvalue weighted by atomic mass is 16.5. The van der Waals surface area contributed by atoms with Crippen LogP contribution in [0, 0.1) is 5.92 Å². The Balaban J connectivity index is 3.20. The molecule has 2 heteroatoms. The number of unbranched alkanes of at least 4 members (excludes halogenated alkanes) is 3. The second-order valence-corrected chi connectivity index (χ2v) is 4.66. The van der Waals surface area contributed by atoms with Gasteiger partial charge in [-0.15, -0.1) is 0 Å². The van der Waals surface area contributed by atoms with E-state index in [2.05, 4.69) is 19.2 Å². The molecule has 0 aliphatic rings. The Hall–Kier alpha value is -0.0800. The van der Waals surface area contributed by atoms with Crippen LogP contribution in [0.1, 0.15) is 58.8 Å². The molecule has 0 rings (SSSR count). The summed E-state index contributed by atoms with van der Waals surface area (Å²) in [4.78, 5) is 0. The molecule has 0 saturated heterocycles. The third-order valence-corrected chi connectivity index (χ3v) is 3.11. The van der Waals surface area contributed by atoms with Crippen LogP contribution in [0.3, 0.4) is 0 Å². The van der Waals surface area contributed by atoms with E-state index in [0.29, 0.717) is 0 Å². The molecule has 0 aromatic heterocycles. The summed E-state index contributed by atoms with van der Waals surface area (Å²) in [6.07, 6.45) is 9.03. The van der Waals surface area contributed by atoms with Crippen LogP contribution in [0.5, 0.6) is 0 Å². The summed E-state index contributed by atoms with van der Waals surface area (Å²) in [6, 6.07) is 0. The van der Waals surface area contributed by atoms with Gasteiger partial charge in [-0.2, -0.15) is 0 Å². The van der Waals surface area contributed by atoms with Crippen LogP contribution >= 0.6 is 0 Å². The molecule has 0 bridgehead atoms. The van der Waals surface area contributed by atoms with Gasteiger partial charge < -0.3 is 10.1 Å². The molecule has 0 radical (unpaired) electrons. The van der Waals surface area contributed by atoms with Gasteiger partial charge in [-0.25, -0.2) is 0 Å². The summed E-state index contributed by atoms with van der Waals surface area (Å²) in [5.41, 5.74) is 0.